The van der Waals surface area contributed by atoms with E-state index in [0.29, 0.717) is 12.4 Å². The molecule has 0 aromatic carbocycles. The van der Waals surface area contributed by atoms with Gasteiger partial charge in [0.15, 0.2) is 0 Å². The minimum Gasteiger partial charge on any atom is -0.333 e. The molecule has 8 heteroatoms. The number of nitro groups is 1. The SMILES string of the molecule is C=CCNC(=O)NNc1ccc([N+](=O)[O-])cn1. The molecule has 0 atom stereocenters. The summed E-state index contributed by atoms with van der Waals surface area (Å²) in [7, 11) is 0. The number of urea groups is 1. The van der Waals surface area contributed by atoms with Gasteiger partial charge in [0.2, 0.25) is 0 Å². The molecular formula is C9H11N5O3. The van der Waals surface area contributed by atoms with Gasteiger partial charge in [0, 0.05) is 12.6 Å². The molecule has 3 N–H and O–H groups in total. The Labute approximate surface area is 96.9 Å². The van der Waals surface area contributed by atoms with Crippen LogP contribution in [-0.2, 0) is 0 Å². The summed E-state index contributed by atoms with van der Waals surface area (Å²) in [5.41, 5.74) is 4.67. The minimum atomic E-state index is -0.555. The molecule has 1 heterocycles. The van der Waals surface area contributed by atoms with E-state index in [1.165, 1.54) is 18.2 Å². The fraction of sp³-hybridized carbons (Fsp3) is 0.111. The molecule has 0 aliphatic rings. The molecule has 1 rings (SSSR count). The second kappa shape index (κ2) is 6.05. The van der Waals surface area contributed by atoms with Crippen LogP contribution in [0.15, 0.2) is 31.0 Å². The van der Waals surface area contributed by atoms with Gasteiger partial charge in [-0.15, -0.1) is 6.58 Å². The lowest BCUT2D eigenvalue weighted by Gasteiger charge is -2.07. The highest BCUT2D eigenvalue weighted by Crippen LogP contribution is 2.10. The third-order valence-corrected chi connectivity index (χ3v) is 1.67. The first-order valence-corrected chi connectivity index (χ1v) is 4.64. The van der Waals surface area contributed by atoms with E-state index in [1.54, 1.807) is 0 Å². The normalized spacial score (nSPS) is 9.18. The predicted molar refractivity (Wildman–Crippen MR) is 61.2 cm³/mol. The topological polar surface area (TPSA) is 109 Å². The summed E-state index contributed by atoms with van der Waals surface area (Å²) in [5, 5.41) is 12.8. The second-order valence-corrected chi connectivity index (χ2v) is 2.91. The molecule has 8 nitrogen and oxygen atoms in total. The highest BCUT2D eigenvalue weighted by atomic mass is 16.6. The summed E-state index contributed by atoms with van der Waals surface area (Å²) < 4.78 is 0. The average Bonchev–Trinajstić information content (AvgIpc) is 2.34. The van der Waals surface area contributed by atoms with E-state index < -0.39 is 11.0 Å². The van der Waals surface area contributed by atoms with E-state index >= 15 is 0 Å². The predicted octanol–water partition coefficient (Wildman–Crippen LogP) is 0.802. The Bertz CT molecular complexity index is 417. The molecule has 0 unspecified atom stereocenters. The molecule has 17 heavy (non-hydrogen) atoms. The summed E-state index contributed by atoms with van der Waals surface area (Å²) >= 11 is 0. The van der Waals surface area contributed by atoms with Crippen LogP contribution in [0.1, 0.15) is 0 Å². The largest absolute Gasteiger partial charge is 0.333 e. The minimum absolute atomic E-state index is 0.119. The number of aromatic nitrogens is 1. The van der Waals surface area contributed by atoms with Gasteiger partial charge in [-0.1, -0.05) is 6.08 Å². The first kappa shape index (κ1) is 12.4. The maximum atomic E-state index is 11.1. The van der Waals surface area contributed by atoms with Crippen molar-refractivity contribution in [2.45, 2.75) is 0 Å². The molecule has 0 saturated carbocycles. The molecule has 0 radical (unpaired) electrons. The second-order valence-electron chi connectivity index (χ2n) is 2.91. The molecule has 0 bridgehead atoms. The quantitative estimate of drug-likeness (QED) is 0.398. The van der Waals surface area contributed by atoms with Gasteiger partial charge in [0.1, 0.15) is 12.0 Å². The van der Waals surface area contributed by atoms with Gasteiger partial charge in [-0.05, 0) is 6.07 Å². The zero-order valence-electron chi connectivity index (χ0n) is 8.84. The van der Waals surface area contributed by atoms with Crippen LogP contribution < -0.4 is 16.2 Å². The van der Waals surface area contributed by atoms with Crippen molar-refractivity contribution in [3.63, 3.8) is 0 Å². The molecule has 0 fully saturated rings. The zero-order valence-corrected chi connectivity index (χ0v) is 8.84. The van der Waals surface area contributed by atoms with Crippen molar-refractivity contribution in [1.29, 1.82) is 0 Å². The van der Waals surface area contributed by atoms with Crippen LogP contribution in [0.25, 0.3) is 0 Å². The number of hydrazine groups is 1. The van der Waals surface area contributed by atoms with Gasteiger partial charge in [-0.25, -0.2) is 9.78 Å². The molecule has 1 aromatic heterocycles. The van der Waals surface area contributed by atoms with E-state index in [1.807, 2.05) is 0 Å². The van der Waals surface area contributed by atoms with Crippen molar-refractivity contribution >= 4 is 17.5 Å². The molecule has 1 aromatic rings. The molecular weight excluding hydrogens is 226 g/mol. The lowest BCUT2D eigenvalue weighted by atomic mass is 10.4. The summed E-state index contributed by atoms with van der Waals surface area (Å²) in [5.74, 6) is 0.296. The summed E-state index contributed by atoms with van der Waals surface area (Å²) in [6.07, 6.45) is 2.62. The Morgan fingerprint density at radius 3 is 2.88 bits per heavy atom. The number of pyridine rings is 1. The molecule has 2 amide bonds. The number of amides is 2. The lowest BCUT2D eigenvalue weighted by Crippen LogP contribution is -2.39. The van der Waals surface area contributed by atoms with Crippen molar-refractivity contribution < 1.29 is 9.72 Å². The van der Waals surface area contributed by atoms with Crippen molar-refractivity contribution in [2.24, 2.45) is 0 Å². The number of carbonyl (C=O) groups excluding carboxylic acids is 1. The molecule has 0 spiro atoms. The van der Waals surface area contributed by atoms with Crippen LogP contribution in [0.3, 0.4) is 0 Å². The fourth-order valence-corrected chi connectivity index (χ4v) is 0.898. The monoisotopic (exact) mass is 237 g/mol. The number of nitrogens with one attached hydrogen (secondary N) is 3. The van der Waals surface area contributed by atoms with Crippen molar-refractivity contribution in [3.05, 3.63) is 41.1 Å². The first-order valence-electron chi connectivity index (χ1n) is 4.64. The van der Waals surface area contributed by atoms with Crippen LogP contribution in [-0.4, -0.2) is 22.5 Å². The van der Waals surface area contributed by atoms with Gasteiger partial charge in [-0.2, -0.15) is 0 Å². The summed E-state index contributed by atoms with van der Waals surface area (Å²) in [6.45, 7) is 3.77. The third kappa shape index (κ3) is 4.16. The van der Waals surface area contributed by atoms with Crippen LogP contribution in [0.4, 0.5) is 16.3 Å². The number of rotatable bonds is 5. The van der Waals surface area contributed by atoms with Gasteiger partial charge in [0.25, 0.3) is 5.69 Å². The Morgan fingerprint density at radius 2 is 2.35 bits per heavy atom. The third-order valence-electron chi connectivity index (χ3n) is 1.67. The Balaban J connectivity index is 2.44. The van der Waals surface area contributed by atoms with Crippen molar-refractivity contribution in [1.82, 2.24) is 15.7 Å². The Kier molecular flexibility index (Phi) is 4.43. The Morgan fingerprint density at radius 1 is 1.59 bits per heavy atom. The molecule has 90 valence electrons. The van der Waals surface area contributed by atoms with Crippen LogP contribution in [0.2, 0.25) is 0 Å². The molecule has 0 saturated heterocycles. The highest BCUT2D eigenvalue weighted by Gasteiger charge is 2.05. The van der Waals surface area contributed by atoms with Crippen LogP contribution in [0.5, 0.6) is 0 Å². The maximum Gasteiger partial charge on any atom is 0.333 e. The Hall–Kier alpha value is -2.64. The van der Waals surface area contributed by atoms with E-state index in [0.717, 1.165) is 6.20 Å². The van der Waals surface area contributed by atoms with E-state index in [2.05, 4.69) is 27.7 Å². The summed E-state index contributed by atoms with van der Waals surface area (Å²) in [4.78, 5) is 24.6. The van der Waals surface area contributed by atoms with E-state index in [-0.39, 0.29) is 5.69 Å². The van der Waals surface area contributed by atoms with Gasteiger partial charge in [0.05, 0.1) is 4.92 Å². The highest BCUT2D eigenvalue weighted by molar-refractivity contribution is 5.75. The standard InChI is InChI=1S/C9H11N5O3/c1-2-5-10-9(15)13-12-8-4-3-7(6-11-8)14(16)17/h2-4,6H,1,5H2,(H,11,12)(H2,10,13,15). The summed E-state index contributed by atoms with van der Waals surface area (Å²) in [6, 6.07) is 2.20. The van der Waals surface area contributed by atoms with E-state index in [9.17, 15) is 14.9 Å². The first-order chi connectivity index (χ1) is 8.13. The number of anilines is 1. The number of carbonyl (C=O) groups is 1. The zero-order chi connectivity index (χ0) is 12.7. The van der Waals surface area contributed by atoms with Crippen LogP contribution >= 0.6 is 0 Å². The maximum absolute atomic E-state index is 11.1. The number of hydrogen-bond acceptors (Lipinski definition) is 5. The van der Waals surface area contributed by atoms with Gasteiger partial charge in [-0.3, -0.25) is 21.0 Å². The molecule has 0 aliphatic heterocycles. The van der Waals surface area contributed by atoms with Crippen molar-refractivity contribution in [2.75, 3.05) is 12.0 Å². The number of nitrogens with zero attached hydrogens (tertiary/aromatic N) is 2. The van der Waals surface area contributed by atoms with Crippen molar-refractivity contribution in [3.8, 4) is 0 Å². The van der Waals surface area contributed by atoms with E-state index in [4.69, 9.17) is 0 Å². The smallest absolute Gasteiger partial charge is 0.333 e. The van der Waals surface area contributed by atoms with Gasteiger partial charge < -0.3 is 5.32 Å². The number of hydrogen-bond donors (Lipinski definition) is 3. The lowest BCUT2D eigenvalue weighted by molar-refractivity contribution is -0.385. The molecule has 0 aliphatic carbocycles. The van der Waals surface area contributed by atoms with Crippen LogP contribution in [0, 0.1) is 10.1 Å². The fourth-order valence-electron chi connectivity index (χ4n) is 0.898. The van der Waals surface area contributed by atoms with Gasteiger partial charge >= 0.3 is 6.03 Å². The average molecular weight is 237 g/mol.